The van der Waals surface area contributed by atoms with E-state index in [9.17, 15) is 4.79 Å². The zero-order chi connectivity index (χ0) is 16.4. The molecular weight excluding hydrogens is 308 g/mol. The standard InChI is InChI=1S/C18H22N2O2S/c1-12-4-5-13(2)17(10-12)22-15-6-8-20(9-7-15)18(21)16-11-23-14(3)19-16/h4-5,10-11,15H,6-9H2,1-3H3. The number of piperidine rings is 1. The molecule has 2 aromatic rings. The molecule has 1 amide bonds. The predicted octanol–water partition coefficient (Wildman–Crippen LogP) is 3.75. The molecule has 3 rings (SSSR count). The van der Waals surface area contributed by atoms with Gasteiger partial charge in [-0.3, -0.25) is 4.79 Å². The average Bonchev–Trinajstić information content (AvgIpc) is 2.97. The summed E-state index contributed by atoms with van der Waals surface area (Å²) in [4.78, 5) is 18.6. The summed E-state index contributed by atoms with van der Waals surface area (Å²) in [6.07, 6.45) is 1.90. The fraction of sp³-hybridized carbons (Fsp3) is 0.444. The van der Waals surface area contributed by atoms with Crippen LogP contribution in [0.3, 0.4) is 0 Å². The third-order valence-corrected chi connectivity index (χ3v) is 4.98. The number of carbonyl (C=O) groups excluding carboxylic acids is 1. The van der Waals surface area contributed by atoms with Gasteiger partial charge in [0.15, 0.2) is 0 Å². The van der Waals surface area contributed by atoms with Crippen molar-refractivity contribution in [2.24, 2.45) is 0 Å². The van der Waals surface area contributed by atoms with Crippen molar-refractivity contribution >= 4 is 17.2 Å². The Labute approximate surface area is 141 Å². The van der Waals surface area contributed by atoms with E-state index in [1.54, 1.807) is 0 Å². The lowest BCUT2D eigenvalue weighted by molar-refractivity contribution is 0.0589. The number of nitrogens with zero attached hydrogens (tertiary/aromatic N) is 2. The normalized spacial score (nSPS) is 15.7. The molecule has 0 N–H and O–H groups in total. The molecule has 0 atom stereocenters. The van der Waals surface area contributed by atoms with E-state index in [-0.39, 0.29) is 12.0 Å². The maximum atomic E-state index is 12.4. The molecule has 0 bridgehead atoms. The van der Waals surface area contributed by atoms with Gasteiger partial charge in [-0.15, -0.1) is 11.3 Å². The number of rotatable bonds is 3. The summed E-state index contributed by atoms with van der Waals surface area (Å²) in [7, 11) is 0. The van der Waals surface area contributed by atoms with Crippen molar-refractivity contribution in [2.75, 3.05) is 13.1 Å². The molecule has 1 saturated heterocycles. The predicted molar refractivity (Wildman–Crippen MR) is 92.3 cm³/mol. The molecular formula is C18H22N2O2S. The molecule has 0 spiro atoms. The van der Waals surface area contributed by atoms with Gasteiger partial charge in [0.05, 0.1) is 5.01 Å². The molecule has 5 heteroatoms. The molecule has 1 aliphatic rings. The van der Waals surface area contributed by atoms with E-state index in [4.69, 9.17) is 4.74 Å². The highest BCUT2D eigenvalue weighted by molar-refractivity contribution is 7.09. The van der Waals surface area contributed by atoms with Crippen LogP contribution in [0.15, 0.2) is 23.6 Å². The SMILES string of the molecule is Cc1ccc(C)c(OC2CCN(C(=O)c3csc(C)n3)CC2)c1. The highest BCUT2D eigenvalue weighted by Crippen LogP contribution is 2.24. The first-order chi connectivity index (χ1) is 11.0. The van der Waals surface area contributed by atoms with Crippen LogP contribution in [0.4, 0.5) is 0 Å². The van der Waals surface area contributed by atoms with Gasteiger partial charge in [-0.1, -0.05) is 12.1 Å². The summed E-state index contributed by atoms with van der Waals surface area (Å²) >= 11 is 1.52. The van der Waals surface area contributed by atoms with E-state index in [1.165, 1.54) is 16.9 Å². The van der Waals surface area contributed by atoms with Crippen LogP contribution in [0, 0.1) is 20.8 Å². The second-order valence-electron chi connectivity index (χ2n) is 6.13. The number of amides is 1. The van der Waals surface area contributed by atoms with Gasteiger partial charge in [0.1, 0.15) is 17.5 Å². The molecule has 0 unspecified atom stereocenters. The molecule has 1 fully saturated rings. The van der Waals surface area contributed by atoms with Crippen molar-refractivity contribution in [1.29, 1.82) is 0 Å². The summed E-state index contributed by atoms with van der Waals surface area (Å²) in [5.41, 5.74) is 2.94. The smallest absolute Gasteiger partial charge is 0.273 e. The molecule has 1 aliphatic heterocycles. The van der Waals surface area contributed by atoms with Crippen molar-refractivity contribution in [3.05, 3.63) is 45.4 Å². The number of likely N-dealkylation sites (tertiary alicyclic amines) is 1. The second-order valence-corrected chi connectivity index (χ2v) is 7.19. The Kier molecular flexibility index (Phi) is 4.66. The Bertz CT molecular complexity index is 703. The largest absolute Gasteiger partial charge is 0.490 e. The minimum atomic E-state index is 0.0412. The highest BCUT2D eigenvalue weighted by atomic mass is 32.1. The maximum Gasteiger partial charge on any atom is 0.273 e. The summed E-state index contributed by atoms with van der Waals surface area (Å²) in [5.74, 6) is 1.00. The van der Waals surface area contributed by atoms with Gasteiger partial charge in [-0.05, 0) is 38.0 Å². The number of benzene rings is 1. The van der Waals surface area contributed by atoms with E-state index in [0.717, 1.165) is 42.3 Å². The minimum Gasteiger partial charge on any atom is -0.490 e. The van der Waals surface area contributed by atoms with Crippen molar-refractivity contribution in [3.8, 4) is 5.75 Å². The molecule has 0 radical (unpaired) electrons. The highest BCUT2D eigenvalue weighted by Gasteiger charge is 2.26. The van der Waals surface area contributed by atoms with Crippen molar-refractivity contribution in [1.82, 2.24) is 9.88 Å². The monoisotopic (exact) mass is 330 g/mol. The minimum absolute atomic E-state index is 0.0412. The molecule has 1 aromatic carbocycles. The van der Waals surface area contributed by atoms with Crippen LogP contribution < -0.4 is 4.74 Å². The zero-order valence-electron chi connectivity index (χ0n) is 13.8. The summed E-state index contributed by atoms with van der Waals surface area (Å²) in [6, 6.07) is 6.28. The lowest BCUT2D eigenvalue weighted by Crippen LogP contribution is -2.42. The molecule has 4 nitrogen and oxygen atoms in total. The lowest BCUT2D eigenvalue weighted by Gasteiger charge is -2.32. The van der Waals surface area contributed by atoms with Crippen LogP contribution in [0.5, 0.6) is 5.75 Å². The Morgan fingerprint density at radius 2 is 2.00 bits per heavy atom. The fourth-order valence-electron chi connectivity index (χ4n) is 2.81. The van der Waals surface area contributed by atoms with Crippen LogP contribution >= 0.6 is 11.3 Å². The van der Waals surface area contributed by atoms with Gasteiger partial charge in [0.2, 0.25) is 0 Å². The summed E-state index contributed by atoms with van der Waals surface area (Å²) in [6.45, 7) is 7.52. The van der Waals surface area contributed by atoms with Crippen LogP contribution in [-0.4, -0.2) is 35.0 Å². The molecule has 0 saturated carbocycles. The number of hydrogen-bond acceptors (Lipinski definition) is 4. The first kappa shape index (κ1) is 16.0. The topological polar surface area (TPSA) is 42.4 Å². The van der Waals surface area contributed by atoms with Gasteiger partial charge in [-0.2, -0.15) is 0 Å². The Balaban J connectivity index is 1.58. The third kappa shape index (κ3) is 3.72. The Morgan fingerprint density at radius 1 is 1.26 bits per heavy atom. The average molecular weight is 330 g/mol. The number of ether oxygens (including phenoxy) is 1. The molecule has 23 heavy (non-hydrogen) atoms. The summed E-state index contributed by atoms with van der Waals surface area (Å²) < 4.78 is 6.15. The van der Waals surface area contributed by atoms with Gasteiger partial charge in [0, 0.05) is 31.3 Å². The van der Waals surface area contributed by atoms with E-state index < -0.39 is 0 Å². The number of aryl methyl sites for hydroxylation is 3. The van der Waals surface area contributed by atoms with E-state index in [1.807, 2.05) is 17.2 Å². The van der Waals surface area contributed by atoms with Gasteiger partial charge in [-0.25, -0.2) is 4.98 Å². The third-order valence-electron chi connectivity index (χ3n) is 4.20. The van der Waals surface area contributed by atoms with Crippen molar-refractivity contribution in [3.63, 3.8) is 0 Å². The van der Waals surface area contributed by atoms with E-state index in [0.29, 0.717) is 5.69 Å². The van der Waals surface area contributed by atoms with E-state index >= 15 is 0 Å². The van der Waals surface area contributed by atoms with Crippen LogP contribution in [0.2, 0.25) is 0 Å². The first-order valence-electron chi connectivity index (χ1n) is 7.98. The molecule has 2 heterocycles. The van der Waals surface area contributed by atoms with E-state index in [2.05, 4.69) is 37.0 Å². The van der Waals surface area contributed by atoms with Crippen LogP contribution in [-0.2, 0) is 0 Å². The van der Waals surface area contributed by atoms with Crippen LogP contribution in [0.1, 0.15) is 39.5 Å². The Morgan fingerprint density at radius 3 is 2.65 bits per heavy atom. The lowest BCUT2D eigenvalue weighted by atomic mass is 10.1. The zero-order valence-corrected chi connectivity index (χ0v) is 14.7. The van der Waals surface area contributed by atoms with Gasteiger partial charge < -0.3 is 9.64 Å². The number of carbonyl (C=O) groups is 1. The molecule has 1 aromatic heterocycles. The van der Waals surface area contributed by atoms with Gasteiger partial charge >= 0.3 is 0 Å². The first-order valence-corrected chi connectivity index (χ1v) is 8.86. The van der Waals surface area contributed by atoms with Crippen LogP contribution in [0.25, 0.3) is 0 Å². The fourth-order valence-corrected chi connectivity index (χ4v) is 3.40. The number of hydrogen-bond donors (Lipinski definition) is 0. The Hall–Kier alpha value is -1.88. The van der Waals surface area contributed by atoms with Crippen molar-refractivity contribution < 1.29 is 9.53 Å². The molecule has 122 valence electrons. The van der Waals surface area contributed by atoms with Gasteiger partial charge in [0.25, 0.3) is 5.91 Å². The van der Waals surface area contributed by atoms with Crippen molar-refractivity contribution in [2.45, 2.75) is 39.7 Å². The second kappa shape index (κ2) is 6.71. The number of thiazole rings is 1. The number of aromatic nitrogens is 1. The maximum absolute atomic E-state index is 12.4. The summed E-state index contributed by atoms with van der Waals surface area (Å²) in [5, 5.41) is 2.78. The quantitative estimate of drug-likeness (QED) is 0.861. The molecule has 0 aliphatic carbocycles.